The fraction of sp³-hybridized carbons (Fsp3) is 0.500. The molecular weight excluding hydrogens is 363 g/mol. The van der Waals surface area contributed by atoms with E-state index in [1.807, 2.05) is 13.0 Å². The zero-order valence-corrected chi connectivity index (χ0v) is 16.7. The van der Waals surface area contributed by atoms with Crippen LogP contribution in [0, 0.1) is 17.7 Å². The largest absolute Gasteiger partial charge is 0.492 e. The van der Waals surface area contributed by atoms with Crippen molar-refractivity contribution < 1.29 is 9.50 Å². The summed E-state index contributed by atoms with van der Waals surface area (Å²) in [4.78, 5) is 8.32. The molecule has 2 aromatic heterocycles. The third kappa shape index (κ3) is 3.46. The average Bonchev–Trinajstić information content (AvgIpc) is 3.14. The van der Waals surface area contributed by atoms with Crippen LogP contribution in [-0.2, 0) is 6.42 Å². The molecule has 3 atom stereocenters. The molecule has 0 unspecified atom stereocenters. The minimum atomic E-state index is -0.261. The van der Waals surface area contributed by atoms with Gasteiger partial charge in [-0.3, -0.25) is 4.90 Å². The highest BCUT2D eigenvalue weighted by molar-refractivity contribution is 7.17. The van der Waals surface area contributed by atoms with Crippen LogP contribution in [0.1, 0.15) is 49.5 Å². The molecule has 27 heavy (non-hydrogen) atoms. The fourth-order valence-electron chi connectivity index (χ4n) is 4.25. The van der Waals surface area contributed by atoms with Gasteiger partial charge in [-0.05, 0) is 36.0 Å². The lowest BCUT2D eigenvalue weighted by molar-refractivity contribution is 0.111. The van der Waals surface area contributed by atoms with Crippen molar-refractivity contribution in [1.29, 1.82) is 0 Å². The molecule has 1 aromatic carbocycles. The SMILES string of the molecule is CCc1nc2sc([C@@H](c3cccc(F)c3)N3C[C@@H](C)C[C@H](C)C3)c(O)n2n1. The van der Waals surface area contributed by atoms with Gasteiger partial charge in [0.15, 0.2) is 5.82 Å². The van der Waals surface area contributed by atoms with Gasteiger partial charge in [0.1, 0.15) is 5.82 Å². The zero-order chi connectivity index (χ0) is 19.1. The van der Waals surface area contributed by atoms with E-state index < -0.39 is 0 Å². The molecule has 0 radical (unpaired) electrons. The number of hydrogen-bond donors (Lipinski definition) is 1. The van der Waals surface area contributed by atoms with E-state index in [1.165, 1.54) is 28.3 Å². The van der Waals surface area contributed by atoms with Gasteiger partial charge in [0.2, 0.25) is 10.8 Å². The number of aromatic hydroxyl groups is 1. The van der Waals surface area contributed by atoms with Crippen LogP contribution in [0.15, 0.2) is 24.3 Å². The Kier molecular flexibility index (Phi) is 4.90. The highest BCUT2D eigenvalue weighted by Gasteiger charge is 2.33. The van der Waals surface area contributed by atoms with E-state index in [0.29, 0.717) is 22.6 Å². The summed E-state index contributed by atoms with van der Waals surface area (Å²) in [5.41, 5.74) is 0.854. The van der Waals surface area contributed by atoms with Crippen molar-refractivity contribution in [3.63, 3.8) is 0 Å². The summed E-state index contributed by atoms with van der Waals surface area (Å²) in [7, 11) is 0. The maximum absolute atomic E-state index is 14.0. The molecule has 0 amide bonds. The number of nitrogens with zero attached hydrogens (tertiary/aromatic N) is 4. The summed E-state index contributed by atoms with van der Waals surface area (Å²) in [6.07, 6.45) is 1.91. The Bertz CT molecular complexity index is 943. The van der Waals surface area contributed by atoms with Gasteiger partial charge >= 0.3 is 0 Å². The third-order valence-electron chi connectivity index (χ3n) is 5.23. The van der Waals surface area contributed by atoms with Gasteiger partial charge in [0.25, 0.3) is 0 Å². The van der Waals surface area contributed by atoms with Gasteiger partial charge in [0.05, 0.1) is 10.9 Å². The van der Waals surface area contributed by atoms with Crippen molar-refractivity contribution in [2.24, 2.45) is 11.8 Å². The van der Waals surface area contributed by atoms with E-state index in [2.05, 4.69) is 28.8 Å². The summed E-state index contributed by atoms with van der Waals surface area (Å²) in [5.74, 6) is 1.68. The van der Waals surface area contributed by atoms with Crippen LogP contribution < -0.4 is 0 Å². The van der Waals surface area contributed by atoms with E-state index >= 15 is 0 Å². The molecule has 1 fully saturated rings. The lowest BCUT2D eigenvalue weighted by Gasteiger charge is -2.40. The van der Waals surface area contributed by atoms with E-state index in [0.717, 1.165) is 30.0 Å². The predicted molar refractivity (Wildman–Crippen MR) is 105 cm³/mol. The second kappa shape index (κ2) is 7.20. The fourth-order valence-corrected chi connectivity index (χ4v) is 5.38. The van der Waals surface area contributed by atoms with E-state index in [9.17, 15) is 9.50 Å². The molecule has 1 N–H and O–H groups in total. The Labute approximate surface area is 162 Å². The summed E-state index contributed by atoms with van der Waals surface area (Å²) in [5, 5.41) is 15.3. The highest BCUT2D eigenvalue weighted by Crippen LogP contribution is 2.42. The van der Waals surface area contributed by atoms with Crippen molar-refractivity contribution in [3.8, 4) is 5.88 Å². The molecule has 5 nitrogen and oxygen atoms in total. The summed E-state index contributed by atoms with van der Waals surface area (Å²) < 4.78 is 15.5. The Morgan fingerprint density at radius 2 is 2.04 bits per heavy atom. The molecule has 1 saturated heterocycles. The maximum atomic E-state index is 14.0. The van der Waals surface area contributed by atoms with Crippen molar-refractivity contribution >= 4 is 16.3 Å². The second-order valence-corrected chi connectivity index (χ2v) is 8.73. The van der Waals surface area contributed by atoms with Gasteiger partial charge in [-0.25, -0.2) is 9.37 Å². The summed E-state index contributed by atoms with van der Waals surface area (Å²) >= 11 is 1.44. The second-order valence-electron chi connectivity index (χ2n) is 7.72. The van der Waals surface area contributed by atoms with Crippen LogP contribution in [-0.4, -0.2) is 37.7 Å². The molecule has 4 rings (SSSR count). The maximum Gasteiger partial charge on any atom is 0.230 e. The lowest BCUT2D eigenvalue weighted by Crippen LogP contribution is -2.41. The third-order valence-corrected chi connectivity index (χ3v) is 6.31. The Morgan fingerprint density at radius 1 is 1.30 bits per heavy atom. The number of piperidine rings is 1. The number of thiazole rings is 1. The molecule has 1 aliphatic heterocycles. The van der Waals surface area contributed by atoms with Gasteiger partial charge < -0.3 is 5.11 Å². The molecule has 0 spiro atoms. The van der Waals surface area contributed by atoms with Gasteiger partial charge in [-0.1, -0.05) is 44.2 Å². The quantitative estimate of drug-likeness (QED) is 0.725. The van der Waals surface area contributed by atoms with Crippen LogP contribution in [0.3, 0.4) is 0 Å². The van der Waals surface area contributed by atoms with Crippen LogP contribution >= 0.6 is 11.3 Å². The minimum Gasteiger partial charge on any atom is -0.492 e. The predicted octanol–water partition coefficient (Wildman–Crippen LogP) is 4.27. The monoisotopic (exact) mass is 388 g/mol. The van der Waals surface area contributed by atoms with Crippen molar-refractivity contribution in [2.75, 3.05) is 13.1 Å². The number of likely N-dealkylation sites (tertiary alicyclic amines) is 1. The first-order chi connectivity index (χ1) is 13.0. The van der Waals surface area contributed by atoms with Crippen molar-refractivity contribution in [2.45, 2.75) is 39.7 Å². The number of fused-ring (bicyclic) bond motifs is 1. The lowest BCUT2D eigenvalue weighted by atomic mass is 9.89. The molecule has 3 heterocycles. The number of halogens is 1. The van der Waals surface area contributed by atoms with E-state index in [4.69, 9.17) is 0 Å². The molecule has 1 aliphatic rings. The Balaban J connectivity index is 1.82. The Morgan fingerprint density at radius 3 is 2.67 bits per heavy atom. The first-order valence-electron chi connectivity index (χ1n) is 9.53. The van der Waals surface area contributed by atoms with E-state index in [1.54, 1.807) is 12.1 Å². The van der Waals surface area contributed by atoms with E-state index in [-0.39, 0.29) is 17.7 Å². The highest BCUT2D eigenvalue weighted by atomic mass is 32.1. The molecular formula is C20H25FN4OS. The number of rotatable bonds is 4. The minimum absolute atomic E-state index is 0.113. The molecule has 7 heteroatoms. The van der Waals surface area contributed by atoms with Crippen molar-refractivity contribution in [3.05, 3.63) is 46.3 Å². The summed E-state index contributed by atoms with van der Waals surface area (Å²) in [6.45, 7) is 8.32. The molecule has 0 bridgehead atoms. The van der Waals surface area contributed by atoms with Gasteiger partial charge in [-0.15, -0.1) is 5.10 Å². The first kappa shape index (κ1) is 18.4. The molecule has 144 valence electrons. The first-order valence-corrected chi connectivity index (χ1v) is 10.3. The van der Waals surface area contributed by atoms with Crippen LogP contribution in [0.2, 0.25) is 0 Å². The molecule has 0 aliphatic carbocycles. The number of aryl methyl sites for hydroxylation is 1. The molecule has 0 saturated carbocycles. The standard InChI is InChI=1S/C20H25FN4OS/c1-4-16-22-20-25(23-16)19(26)18(27-20)17(14-6-5-7-15(21)9-14)24-10-12(2)8-13(3)11-24/h5-7,9,12-13,17,26H,4,8,10-11H2,1-3H3/t12-,13-,17+/m0/s1. The number of hydrogen-bond acceptors (Lipinski definition) is 5. The number of benzene rings is 1. The van der Waals surface area contributed by atoms with Crippen LogP contribution in [0.4, 0.5) is 4.39 Å². The van der Waals surface area contributed by atoms with Gasteiger partial charge in [0, 0.05) is 19.5 Å². The van der Waals surface area contributed by atoms with Crippen molar-refractivity contribution in [1.82, 2.24) is 19.5 Å². The summed E-state index contributed by atoms with van der Waals surface area (Å²) in [6, 6.07) is 6.49. The van der Waals surface area contributed by atoms with Gasteiger partial charge in [-0.2, -0.15) is 4.52 Å². The number of aromatic nitrogens is 3. The molecule has 3 aromatic rings. The normalized spacial score (nSPS) is 22.4. The van der Waals surface area contributed by atoms with Crippen LogP contribution in [0.5, 0.6) is 5.88 Å². The topological polar surface area (TPSA) is 53.7 Å². The van der Waals surface area contributed by atoms with Crippen LogP contribution in [0.25, 0.3) is 4.96 Å². The smallest absolute Gasteiger partial charge is 0.230 e. The average molecular weight is 389 g/mol. The zero-order valence-electron chi connectivity index (χ0n) is 15.9. The Hall–Kier alpha value is -1.99.